The zero-order valence-corrected chi connectivity index (χ0v) is 14.5. The van der Waals surface area contributed by atoms with Gasteiger partial charge in [-0.25, -0.2) is 9.78 Å². The molecule has 0 bridgehead atoms. The highest BCUT2D eigenvalue weighted by Crippen LogP contribution is 2.35. The van der Waals surface area contributed by atoms with Crippen molar-refractivity contribution in [2.24, 2.45) is 0 Å². The second kappa shape index (κ2) is 8.13. The summed E-state index contributed by atoms with van der Waals surface area (Å²) in [6, 6.07) is 5.96. The van der Waals surface area contributed by atoms with Crippen molar-refractivity contribution in [1.29, 1.82) is 0 Å². The maximum atomic E-state index is 12.7. The van der Waals surface area contributed by atoms with E-state index in [4.69, 9.17) is 9.47 Å². The van der Waals surface area contributed by atoms with Gasteiger partial charge in [-0.1, -0.05) is 5.16 Å². The average molecular weight is 396 g/mol. The molecule has 2 aromatic heterocycles. The van der Waals surface area contributed by atoms with Gasteiger partial charge in [0.05, 0.1) is 12.2 Å². The van der Waals surface area contributed by atoms with Gasteiger partial charge in [0.25, 0.3) is 0 Å². The maximum Gasteiger partial charge on any atom is 0.439 e. The zero-order valence-electron chi connectivity index (χ0n) is 14.5. The Balaban J connectivity index is 1.95. The normalized spacial score (nSPS) is 11.4. The van der Waals surface area contributed by atoms with Crippen molar-refractivity contribution in [3.05, 3.63) is 52.6 Å². The first-order valence-corrected chi connectivity index (χ1v) is 8.00. The van der Waals surface area contributed by atoms with Crippen LogP contribution in [-0.4, -0.2) is 35.4 Å². The minimum absolute atomic E-state index is 0.0555. The van der Waals surface area contributed by atoms with Crippen LogP contribution in [0.15, 0.2) is 45.8 Å². The number of nitrogens with one attached hydrogen (secondary N) is 2. The molecule has 2 N–H and O–H groups in total. The number of hydrogen-bond donors (Lipinski definition) is 2. The first-order valence-electron chi connectivity index (χ1n) is 8.00. The van der Waals surface area contributed by atoms with Crippen molar-refractivity contribution in [2.75, 3.05) is 25.6 Å². The molecule has 11 heteroatoms. The van der Waals surface area contributed by atoms with E-state index in [1.807, 2.05) is 0 Å². The van der Waals surface area contributed by atoms with Gasteiger partial charge in [-0.3, -0.25) is 9.51 Å². The van der Waals surface area contributed by atoms with Crippen LogP contribution in [0, 0.1) is 0 Å². The van der Waals surface area contributed by atoms with Gasteiger partial charge in [0, 0.05) is 19.0 Å². The number of anilines is 2. The maximum absolute atomic E-state index is 12.7. The molecule has 8 nitrogen and oxygen atoms in total. The summed E-state index contributed by atoms with van der Waals surface area (Å²) < 4.78 is 53.3. The standard InChI is InChI=1S/C17H15F3N4O4/c1-26-8-9-27-12-6-7-21-14(13(12)15-23-16(25)28-24-15)22-11-4-2-10(3-5-11)17(18,19)20/h2-7H,8-9H2,1H3,(H,21,22)(H,23,24,25). The number of rotatable bonds is 7. The van der Waals surface area contributed by atoms with Gasteiger partial charge in [0.2, 0.25) is 0 Å². The van der Waals surface area contributed by atoms with Gasteiger partial charge in [0.15, 0.2) is 5.82 Å². The number of aromatic nitrogens is 3. The molecule has 1 aromatic carbocycles. The number of methoxy groups -OCH3 is 1. The van der Waals surface area contributed by atoms with E-state index in [1.54, 1.807) is 6.07 Å². The van der Waals surface area contributed by atoms with Crippen LogP contribution in [0.3, 0.4) is 0 Å². The van der Waals surface area contributed by atoms with E-state index in [0.717, 1.165) is 12.1 Å². The Morgan fingerprint density at radius 1 is 1.18 bits per heavy atom. The Labute approximate surface area is 156 Å². The summed E-state index contributed by atoms with van der Waals surface area (Å²) in [6.07, 6.45) is -2.99. The molecule has 0 amide bonds. The molecule has 0 atom stereocenters. The highest BCUT2D eigenvalue weighted by Gasteiger charge is 2.30. The van der Waals surface area contributed by atoms with E-state index in [1.165, 1.54) is 25.4 Å². The Bertz CT molecular complexity index is 983. The van der Waals surface area contributed by atoms with E-state index >= 15 is 0 Å². The molecule has 3 aromatic rings. The van der Waals surface area contributed by atoms with Gasteiger partial charge in [0.1, 0.15) is 23.7 Å². The van der Waals surface area contributed by atoms with Crippen LogP contribution in [-0.2, 0) is 10.9 Å². The highest BCUT2D eigenvalue weighted by atomic mass is 19.4. The third-order valence-electron chi connectivity index (χ3n) is 3.61. The number of alkyl halides is 3. The summed E-state index contributed by atoms with van der Waals surface area (Å²) >= 11 is 0. The van der Waals surface area contributed by atoms with Crippen molar-refractivity contribution in [3.8, 4) is 17.1 Å². The molecule has 0 saturated heterocycles. The van der Waals surface area contributed by atoms with E-state index in [2.05, 4.69) is 25.0 Å². The second-order valence-corrected chi connectivity index (χ2v) is 5.52. The minimum atomic E-state index is -4.43. The lowest BCUT2D eigenvalue weighted by atomic mass is 10.2. The third-order valence-corrected chi connectivity index (χ3v) is 3.61. The van der Waals surface area contributed by atoms with Crippen molar-refractivity contribution in [3.63, 3.8) is 0 Å². The smallest absolute Gasteiger partial charge is 0.439 e. The van der Waals surface area contributed by atoms with Crippen molar-refractivity contribution >= 4 is 11.5 Å². The fraction of sp³-hybridized carbons (Fsp3) is 0.235. The molecule has 3 rings (SSSR count). The second-order valence-electron chi connectivity index (χ2n) is 5.52. The van der Waals surface area contributed by atoms with E-state index in [9.17, 15) is 18.0 Å². The monoisotopic (exact) mass is 396 g/mol. The van der Waals surface area contributed by atoms with Gasteiger partial charge >= 0.3 is 11.9 Å². The quantitative estimate of drug-likeness (QED) is 0.591. The summed E-state index contributed by atoms with van der Waals surface area (Å²) in [5, 5.41) is 6.54. The SMILES string of the molecule is COCCOc1ccnc(Nc2ccc(C(F)(F)F)cc2)c1-c1noc(=O)[nH]1. The predicted molar refractivity (Wildman–Crippen MR) is 92.5 cm³/mol. The molecule has 28 heavy (non-hydrogen) atoms. The Morgan fingerprint density at radius 2 is 1.93 bits per heavy atom. The molecule has 0 aliphatic rings. The molecule has 0 saturated carbocycles. The minimum Gasteiger partial charge on any atom is -0.490 e. The van der Waals surface area contributed by atoms with Crippen molar-refractivity contribution < 1.29 is 27.2 Å². The topological polar surface area (TPSA) is 102 Å². The number of benzene rings is 1. The Hall–Kier alpha value is -3.34. The molecule has 0 aliphatic carbocycles. The van der Waals surface area contributed by atoms with E-state index < -0.39 is 17.5 Å². The number of hydrogen-bond acceptors (Lipinski definition) is 7. The predicted octanol–water partition coefficient (Wildman–Crippen LogP) is 3.21. The number of pyridine rings is 1. The number of aromatic amines is 1. The zero-order chi connectivity index (χ0) is 20.1. The summed E-state index contributed by atoms with van der Waals surface area (Å²) in [7, 11) is 1.52. The van der Waals surface area contributed by atoms with Crippen LogP contribution < -0.4 is 15.8 Å². The third kappa shape index (κ3) is 4.49. The van der Waals surface area contributed by atoms with Crippen molar-refractivity contribution in [2.45, 2.75) is 6.18 Å². The van der Waals surface area contributed by atoms with Gasteiger partial charge in [-0.2, -0.15) is 13.2 Å². The molecule has 0 aliphatic heterocycles. The molecule has 0 unspecified atom stereocenters. The summed E-state index contributed by atoms with van der Waals surface area (Å²) in [5.41, 5.74) is -0.144. The molecule has 0 fully saturated rings. The van der Waals surface area contributed by atoms with Crippen LogP contribution in [0.4, 0.5) is 24.7 Å². The lowest BCUT2D eigenvalue weighted by Crippen LogP contribution is -2.08. The first kappa shape index (κ1) is 19.4. The van der Waals surface area contributed by atoms with Crippen LogP contribution >= 0.6 is 0 Å². The van der Waals surface area contributed by atoms with Gasteiger partial charge < -0.3 is 14.8 Å². The molecule has 148 valence electrons. The van der Waals surface area contributed by atoms with Crippen LogP contribution in [0.25, 0.3) is 11.4 Å². The fourth-order valence-electron chi connectivity index (χ4n) is 2.34. The van der Waals surface area contributed by atoms with E-state index in [-0.39, 0.29) is 23.8 Å². The van der Waals surface area contributed by atoms with Gasteiger partial charge in [-0.15, -0.1) is 0 Å². The highest BCUT2D eigenvalue weighted by molar-refractivity contribution is 5.79. The number of ether oxygens (including phenoxy) is 2. The van der Waals surface area contributed by atoms with Crippen molar-refractivity contribution in [1.82, 2.24) is 15.1 Å². The molecule has 0 spiro atoms. The number of nitrogens with zero attached hydrogens (tertiary/aromatic N) is 2. The average Bonchev–Trinajstić information content (AvgIpc) is 3.08. The Kier molecular flexibility index (Phi) is 5.64. The largest absolute Gasteiger partial charge is 0.490 e. The van der Waals surface area contributed by atoms with Crippen LogP contribution in [0.2, 0.25) is 0 Å². The lowest BCUT2D eigenvalue weighted by Gasteiger charge is -2.14. The molecule has 2 heterocycles. The number of halogens is 3. The van der Waals surface area contributed by atoms with E-state index in [0.29, 0.717) is 18.0 Å². The summed E-state index contributed by atoms with van der Waals surface area (Å²) in [5.74, 6) is -0.188. The van der Waals surface area contributed by atoms with Crippen LogP contribution in [0.5, 0.6) is 5.75 Å². The Morgan fingerprint density at radius 3 is 2.54 bits per heavy atom. The molecular formula is C17H15F3N4O4. The van der Waals surface area contributed by atoms with Crippen LogP contribution in [0.1, 0.15) is 5.56 Å². The lowest BCUT2D eigenvalue weighted by molar-refractivity contribution is -0.137. The fourth-order valence-corrected chi connectivity index (χ4v) is 2.34. The molecular weight excluding hydrogens is 381 g/mol. The summed E-state index contributed by atoms with van der Waals surface area (Å²) in [6.45, 7) is 0.536. The summed E-state index contributed by atoms with van der Waals surface area (Å²) in [4.78, 5) is 17.9. The number of H-pyrrole nitrogens is 1. The van der Waals surface area contributed by atoms with Gasteiger partial charge in [-0.05, 0) is 30.3 Å². The first-order chi connectivity index (χ1) is 13.4. The molecule has 0 radical (unpaired) electrons.